The van der Waals surface area contributed by atoms with Crippen molar-refractivity contribution in [2.75, 3.05) is 0 Å². The first kappa shape index (κ1) is 10.5. The summed E-state index contributed by atoms with van der Waals surface area (Å²) >= 11 is 6.25. The molecule has 2 aliphatic carbocycles. The molecule has 16 heavy (non-hydrogen) atoms. The van der Waals surface area contributed by atoms with Crippen LogP contribution in [-0.4, -0.2) is 15.9 Å². The van der Waals surface area contributed by atoms with E-state index >= 15 is 0 Å². The average Bonchev–Trinajstić information content (AvgIpc) is 3.08. The third-order valence-electron chi connectivity index (χ3n) is 3.44. The molecule has 1 heterocycles. The van der Waals surface area contributed by atoms with Gasteiger partial charge >= 0.3 is 0 Å². The summed E-state index contributed by atoms with van der Waals surface area (Å²) in [6.07, 6.45) is 10.7. The van der Waals surface area contributed by atoms with Crippen molar-refractivity contribution in [1.82, 2.24) is 9.78 Å². The second-order valence-electron chi connectivity index (χ2n) is 4.85. The third kappa shape index (κ3) is 2.05. The van der Waals surface area contributed by atoms with Gasteiger partial charge in [-0.15, -0.1) is 0 Å². The molecule has 0 amide bonds. The molecule has 1 aromatic heterocycles. The topological polar surface area (TPSA) is 27.1 Å². The predicted molar refractivity (Wildman–Crippen MR) is 63.0 cm³/mol. The molecular formula is C12H17ClN2O. The van der Waals surface area contributed by atoms with Gasteiger partial charge in [0.15, 0.2) is 10.9 Å². The fourth-order valence-electron chi connectivity index (χ4n) is 2.35. The van der Waals surface area contributed by atoms with Crippen LogP contribution in [0.25, 0.3) is 0 Å². The van der Waals surface area contributed by atoms with Crippen molar-refractivity contribution in [3.63, 3.8) is 0 Å². The summed E-state index contributed by atoms with van der Waals surface area (Å²) in [5.41, 5.74) is 0. The number of aromatic nitrogens is 2. The van der Waals surface area contributed by atoms with E-state index in [9.17, 15) is 0 Å². The van der Waals surface area contributed by atoms with Crippen molar-refractivity contribution in [1.29, 1.82) is 0 Å². The summed E-state index contributed by atoms with van der Waals surface area (Å²) in [4.78, 5) is 0. The van der Waals surface area contributed by atoms with Crippen LogP contribution in [0.2, 0.25) is 5.15 Å². The lowest BCUT2D eigenvalue weighted by Crippen LogP contribution is -2.19. The highest BCUT2D eigenvalue weighted by Gasteiger charge is 2.28. The van der Waals surface area contributed by atoms with E-state index in [1.165, 1.54) is 32.1 Å². The predicted octanol–water partition coefficient (Wildman–Crippen LogP) is 3.58. The van der Waals surface area contributed by atoms with Crippen LogP contribution in [-0.2, 0) is 0 Å². The molecule has 0 spiro atoms. The second kappa shape index (κ2) is 4.28. The van der Waals surface area contributed by atoms with Gasteiger partial charge in [0.2, 0.25) is 0 Å². The number of hydrogen-bond acceptors (Lipinski definition) is 2. The number of hydrogen-bond donors (Lipinski definition) is 0. The van der Waals surface area contributed by atoms with Crippen LogP contribution in [0.4, 0.5) is 0 Å². The Balaban J connectivity index is 1.68. The second-order valence-corrected chi connectivity index (χ2v) is 5.21. The maximum atomic E-state index is 6.25. The van der Waals surface area contributed by atoms with E-state index in [1.54, 1.807) is 6.20 Å². The Morgan fingerprint density at radius 1 is 1.19 bits per heavy atom. The molecule has 88 valence electrons. The summed E-state index contributed by atoms with van der Waals surface area (Å²) in [6, 6.07) is 0.524. The van der Waals surface area contributed by atoms with Crippen molar-refractivity contribution in [2.45, 2.75) is 57.1 Å². The minimum atomic E-state index is 0.350. The lowest BCUT2D eigenvalue weighted by Gasteiger charge is -2.22. The Hall–Kier alpha value is -0.700. The van der Waals surface area contributed by atoms with Crippen molar-refractivity contribution in [3.8, 4) is 5.75 Å². The van der Waals surface area contributed by atoms with E-state index in [4.69, 9.17) is 16.3 Å². The van der Waals surface area contributed by atoms with Crippen LogP contribution in [0.15, 0.2) is 6.20 Å². The molecule has 1 aromatic rings. The highest BCUT2D eigenvalue weighted by atomic mass is 35.5. The van der Waals surface area contributed by atoms with E-state index in [0.29, 0.717) is 17.3 Å². The molecule has 0 aromatic carbocycles. The largest absolute Gasteiger partial charge is 0.486 e. The summed E-state index contributed by atoms with van der Waals surface area (Å²) < 4.78 is 7.83. The first-order chi connectivity index (χ1) is 7.84. The molecule has 2 aliphatic rings. The van der Waals surface area contributed by atoms with Crippen LogP contribution in [0.5, 0.6) is 5.75 Å². The Labute approximate surface area is 101 Å². The zero-order valence-corrected chi connectivity index (χ0v) is 10.1. The molecule has 0 radical (unpaired) electrons. The minimum Gasteiger partial charge on any atom is -0.486 e. The molecule has 0 aliphatic heterocycles. The highest BCUT2D eigenvalue weighted by Crippen LogP contribution is 2.39. The molecule has 3 rings (SSSR count). The molecule has 0 atom stereocenters. The van der Waals surface area contributed by atoms with Gasteiger partial charge in [0, 0.05) is 0 Å². The van der Waals surface area contributed by atoms with Gasteiger partial charge in [-0.1, -0.05) is 18.0 Å². The lowest BCUT2D eigenvalue weighted by molar-refractivity contribution is 0.155. The smallest absolute Gasteiger partial charge is 0.176 e. The van der Waals surface area contributed by atoms with Gasteiger partial charge in [0.25, 0.3) is 0 Å². The standard InChI is InChI=1S/C12H17ClN2O/c13-12-11(8-14-15(12)9-6-7-9)16-10-4-2-1-3-5-10/h8-10H,1-7H2. The van der Waals surface area contributed by atoms with Crippen LogP contribution in [0.3, 0.4) is 0 Å². The first-order valence-electron chi connectivity index (χ1n) is 6.24. The van der Waals surface area contributed by atoms with Gasteiger partial charge in [-0.05, 0) is 38.5 Å². The SMILES string of the molecule is Clc1c(OC2CCCCC2)cnn1C1CC1. The van der Waals surface area contributed by atoms with E-state index in [2.05, 4.69) is 5.10 Å². The fraction of sp³-hybridized carbons (Fsp3) is 0.750. The summed E-state index contributed by atoms with van der Waals surface area (Å²) in [7, 11) is 0. The van der Waals surface area contributed by atoms with E-state index in [0.717, 1.165) is 18.6 Å². The number of rotatable bonds is 3. The number of nitrogens with zero attached hydrogens (tertiary/aromatic N) is 2. The number of ether oxygens (including phenoxy) is 1. The van der Waals surface area contributed by atoms with Crippen LogP contribution < -0.4 is 4.74 Å². The van der Waals surface area contributed by atoms with Crippen LogP contribution in [0, 0.1) is 0 Å². The zero-order valence-electron chi connectivity index (χ0n) is 9.36. The van der Waals surface area contributed by atoms with E-state index in [1.807, 2.05) is 4.68 Å². The van der Waals surface area contributed by atoms with E-state index in [-0.39, 0.29) is 0 Å². The van der Waals surface area contributed by atoms with Gasteiger partial charge in [-0.3, -0.25) is 0 Å². The monoisotopic (exact) mass is 240 g/mol. The van der Waals surface area contributed by atoms with Crippen molar-refractivity contribution >= 4 is 11.6 Å². The van der Waals surface area contributed by atoms with Crippen molar-refractivity contribution < 1.29 is 4.74 Å². The highest BCUT2D eigenvalue weighted by molar-refractivity contribution is 6.31. The summed E-state index contributed by atoms with van der Waals surface area (Å²) in [5, 5.41) is 4.99. The molecule has 2 saturated carbocycles. The van der Waals surface area contributed by atoms with Crippen LogP contribution >= 0.6 is 11.6 Å². The molecule has 0 unspecified atom stereocenters. The van der Waals surface area contributed by atoms with Crippen molar-refractivity contribution in [2.24, 2.45) is 0 Å². The van der Waals surface area contributed by atoms with Gasteiger partial charge in [-0.25, -0.2) is 4.68 Å². The maximum Gasteiger partial charge on any atom is 0.176 e. The summed E-state index contributed by atoms with van der Waals surface area (Å²) in [6.45, 7) is 0. The Morgan fingerprint density at radius 2 is 1.94 bits per heavy atom. The normalized spacial score (nSPS) is 22.3. The molecule has 0 saturated heterocycles. The van der Waals surface area contributed by atoms with Gasteiger partial charge in [-0.2, -0.15) is 5.10 Å². The van der Waals surface area contributed by atoms with Gasteiger partial charge < -0.3 is 4.74 Å². The quantitative estimate of drug-likeness (QED) is 0.808. The Kier molecular flexibility index (Phi) is 2.80. The molecule has 2 fully saturated rings. The maximum absolute atomic E-state index is 6.25. The molecule has 0 N–H and O–H groups in total. The molecule has 3 nitrogen and oxygen atoms in total. The van der Waals surface area contributed by atoms with Crippen molar-refractivity contribution in [3.05, 3.63) is 11.3 Å². The number of halogens is 1. The molecular weight excluding hydrogens is 224 g/mol. The average molecular weight is 241 g/mol. The fourth-order valence-corrected chi connectivity index (χ4v) is 2.62. The van der Waals surface area contributed by atoms with Crippen LogP contribution in [0.1, 0.15) is 51.0 Å². The van der Waals surface area contributed by atoms with Gasteiger partial charge in [0.05, 0.1) is 18.3 Å². The van der Waals surface area contributed by atoms with E-state index < -0.39 is 0 Å². The van der Waals surface area contributed by atoms with Gasteiger partial charge in [0.1, 0.15) is 0 Å². The molecule has 0 bridgehead atoms. The summed E-state index contributed by atoms with van der Waals surface area (Å²) in [5.74, 6) is 0.778. The molecule has 4 heteroatoms. The zero-order chi connectivity index (χ0) is 11.0. The first-order valence-corrected chi connectivity index (χ1v) is 6.62. The minimum absolute atomic E-state index is 0.350. The third-order valence-corrected chi connectivity index (χ3v) is 3.80. The Morgan fingerprint density at radius 3 is 2.62 bits per heavy atom. The Bertz CT molecular complexity index is 367. The lowest BCUT2D eigenvalue weighted by atomic mass is 9.98.